The number of nitrogens with one attached hydrogen (secondary N) is 1. The zero-order valence-corrected chi connectivity index (χ0v) is 14.2. The van der Waals surface area contributed by atoms with Crippen molar-refractivity contribution in [1.29, 1.82) is 0 Å². The molecule has 3 rings (SSSR count). The molecule has 1 N–H and O–H groups in total. The van der Waals surface area contributed by atoms with Gasteiger partial charge in [-0.25, -0.2) is 13.1 Å². The molecule has 0 amide bonds. The summed E-state index contributed by atoms with van der Waals surface area (Å²) >= 11 is 6.00. The summed E-state index contributed by atoms with van der Waals surface area (Å²) in [4.78, 5) is 2.40. The van der Waals surface area contributed by atoms with Crippen LogP contribution in [0.5, 0.6) is 0 Å². The number of hydrogen-bond donors (Lipinski definition) is 1. The summed E-state index contributed by atoms with van der Waals surface area (Å²) in [6, 6.07) is 16.6. The Morgan fingerprint density at radius 3 is 2.52 bits per heavy atom. The van der Waals surface area contributed by atoms with Crippen LogP contribution in [0.3, 0.4) is 0 Å². The summed E-state index contributed by atoms with van der Waals surface area (Å²) in [5, 5.41) is 0.249. The molecular weight excluding hydrogens is 332 g/mol. The Kier molecular flexibility index (Phi) is 5.02. The van der Waals surface area contributed by atoms with Crippen molar-refractivity contribution in [3.05, 3.63) is 65.2 Å². The number of likely N-dealkylation sites (tertiary alicyclic amines) is 1. The van der Waals surface area contributed by atoms with Gasteiger partial charge in [-0.1, -0.05) is 54.1 Å². The Morgan fingerprint density at radius 2 is 1.78 bits per heavy atom. The van der Waals surface area contributed by atoms with Crippen molar-refractivity contribution < 1.29 is 8.42 Å². The Hall–Kier alpha value is -1.40. The van der Waals surface area contributed by atoms with E-state index in [4.69, 9.17) is 11.6 Å². The van der Waals surface area contributed by atoms with Crippen molar-refractivity contribution in [2.24, 2.45) is 0 Å². The molecule has 4 nitrogen and oxygen atoms in total. The zero-order chi connectivity index (χ0) is 16.3. The second-order valence-electron chi connectivity index (χ2n) is 5.76. The molecule has 0 aromatic heterocycles. The summed E-state index contributed by atoms with van der Waals surface area (Å²) in [5.74, 6) is 0. The van der Waals surface area contributed by atoms with Crippen molar-refractivity contribution in [1.82, 2.24) is 9.62 Å². The van der Waals surface area contributed by atoms with Crippen molar-refractivity contribution >= 4 is 21.6 Å². The van der Waals surface area contributed by atoms with E-state index < -0.39 is 10.0 Å². The third-order valence-electron chi connectivity index (χ3n) is 3.97. The predicted octanol–water partition coefficient (Wildman–Crippen LogP) is 2.89. The molecule has 122 valence electrons. The molecule has 1 aliphatic heterocycles. The van der Waals surface area contributed by atoms with E-state index >= 15 is 0 Å². The van der Waals surface area contributed by atoms with Gasteiger partial charge in [0.2, 0.25) is 10.0 Å². The first-order valence-corrected chi connectivity index (χ1v) is 9.44. The number of rotatable bonds is 5. The summed E-state index contributed by atoms with van der Waals surface area (Å²) in [5.41, 5.74) is 1.24. The molecule has 6 heteroatoms. The Labute approximate surface area is 142 Å². The van der Waals surface area contributed by atoms with Crippen LogP contribution in [0.4, 0.5) is 0 Å². The lowest BCUT2D eigenvalue weighted by molar-refractivity contribution is 0.324. The Bertz CT molecular complexity index is 765. The maximum Gasteiger partial charge on any atom is 0.242 e. The molecule has 0 radical (unpaired) electrons. The summed E-state index contributed by atoms with van der Waals surface area (Å²) in [7, 11) is -3.58. The van der Waals surface area contributed by atoms with Crippen LogP contribution in [0.25, 0.3) is 0 Å². The lowest BCUT2D eigenvalue weighted by atomic mass is 10.2. The predicted molar refractivity (Wildman–Crippen MR) is 91.9 cm³/mol. The molecule has 23 heavy (non-hydrogen) atoms. The lowest BCUT2D eigenvalue weighted by Crippen LogP contribution is -2.37. The van der Waals surface area contributed by atoms with E-state index in [1.165, 1.54) is 11.6 Å². The monoisotopic (exact) mass is 350 g/mol. The molecule has 0 spiro atoms. The van der Waals surface area contributed by atoms with E-state index in [0.29, 0.717) is 6.54 Å². The normalized spacial score (nSPS) is 19.1. The van der Waals surface area contributed by atoms with E-state index in [2.05, 4.69) is 21.8 Å². The van der Waals surface area contributed by atoms with Gasteiger partial charge in [-0.3, -0.25) is 4.90 Å². The van der Waals surface area contributed by atoms with Gasteiger partial charge in [-0.05, 0) is 24.1 Å². The van der Waals surface area contributed by atoms with Crippen molar-refractivity contribution in [3.8, 4) is 0 Å². The highest BCUT2D eigenvalue weighted by Gasteiger charge is 2.28. The number of sulfonamides is 1. The quantitative estimate of drug-likeness (QED) is 0.902. The van der Waals surface area contributed by atoms with Gasteiger partial charge in [0.15, 0.2) is 0 Å². The fourth-order valence-electron chi connectivity index (χ4n) is 2.86. The van der Waals surface area contributed by atoms with Gasteiger partial charge < -0.3 is 0 Å². The maximum absolute atomic E-state index is 12.5. The molecule has 2 aromatic carbocycles. The molecule has 0 bridgehead atoms. The minimum atomic E-state index is -3.58. The van der Waals surface area contributed by atoms with Crippen LogP contribution in [-0.4, -0.2) is 32.4 Å². The molecule has 2 aromatic rings. The van der Waals surface area contributed by atoms with Crippen LogP contribution in [-0.2, 0) is 16.6 Å². The van der Waals surface area contributed by atoms with Crippen LogP contribution in [0.1, 0.15) is 12.0 Å². The van der Waals surface area contributed by atoms with Gasteiger partial charge in [0.1, 0.15) is 4.90 Å². The first-order valence-electron chi connectivity index (χ1n) is 7.58. The van der Waals surface area contributed by atoms with E-state index in [-0.39, 0.29) is 16.0 Å². The van der Waals surface area contributed by atoms with Crippen LogP contribution in [0.2, 0.25) is 5.02 Å². The smallest absolute Gasteiger partial charge is 0.242 e. The van der Waals surface area contributed by atoms with Gasteiger partial charge in [0.25, 0.3) is 0 Å². The number of halogens is 1. The number of benzene rings is 2. The largest absolute Gasteiger partial charge is 0.297 e. The summed E-state index contributed by atoms with van der Waals surface area (Å²) in [6.45, 7) is 2.42. The molecule has 0 saturated carbocycles. The number of hydrogen-bond acceptors (Lipinski definition) is 3. The van der Waals surface area contributed by atoms with Crippen molar-refractivity contribution in [2.75, 3.05) is 13.1 Å². The first kappa shape index (κ1) is 16.5. The maximum atomic E-state index is 12.5. The molecule has 0 aliphatic carbocycles. The van der Waals surface area contributed by atoms with Crippen LogP contribution >= 0.6 is 11.6 Å². The molecule has 1 atom stereocenters. The molecule has 1 heterocycles. The second kappa shape index (κ2) is 7.01. The lowest BCUT2D eigenvalue weighted by Gasteiger charge is -2.17. The minimum Gasteiger partial charge on any atom is -0.297 e. The van der Waals surface area contributed by atoms with Gasteiger partial charge in [0, 0.05) is 25.7 Å². The van der Waals surface area contributed by atoms with Gasteiger partial charge in [-0.2, -0.15) is 0 Å². The first-order chi connectivity index (χ1) is 11.0. The van der Waals surface area contributed by atoms with Crippen LogP contribution in [0, 0.1) is 0 Å². The molecular formula is C17H19ClN2O2S. The number of nitrogens with zero attached hydrogens (tertiary/aromatic N) is 1. The second-order valence-corrected chi connectivity index (χ2v) is 7.85. The third kappa shape index (κ3) is 4.12. The highest BCUT2D eigenvalue weighted by molar-refractivity contribution is 7.89. The van der Waals surface area contributed by atoms with Crippen molar-refractivity contribution in [3.63, 3.8) is 0 Å². The van der Waals surface area contributed by atoms with E-state index in [1.807, 2.05) is 18.2 Å². The summed E-state index contributed by atoms with van der Waals surface area (Å²) in [6.07, 6.45) is 0.802. The van der Waals surface area contributed by atoms with Gasteiger partial charge >= 0.3 is 0 Å². The highest BCUT2D eigenvalue weighted by atomic mass is 35.5. The fraction of sp³-hybridized carbons (Fsp3) is 0.294. The van der Waals surface area contributed by atoms with Crippen LogP contribution < -0.4 is 4.72 Å². The van der Waals surface area contributed by atoms with Crippen molar-refractivity contribution in [2.45, 2.75) is 23.9 Å². The highest BCUT2D eigenvalue weighted by Crippen LogP contribution is 2.22. The van der Waals surface area contributed by atoms with E-state index in [9.17, 15) is 8.42 Å². The topological polar surface area (TPSA) is 49.4 Å². The molecule has 1 aliphatic rings. The molecule has 1 fully saturated rings. The minimum absolute atomic E-state index is 0.0833. The van der Waals surface area contributed by atoms with Crippen LogP contribution in [0.15, 0.2) is 59.5 Å². The van der Waals surface area contributed by atoms with Gasteiger partial charge in [-0.15, -0.1) is 0 Å². The van der Waals surface area contributed by atoms with Gasteiger partial charge in [0.05, 0.1) is 5.02 Å². The molecule has 1 saturated heterocycles. The zero-order valence-electron chi connectivity index (χ0n) is 12.7. The average molecular weight is 351 g/mol. The fourth-order valence-corrected chi connectivity index (χ4v) is 4.64. The molecule has 0 unspecified atom stereocenters. The SMILES string of the molecule is O=S(=O)(N[C@@H]1CCN(Cc2ccccc2)C1)c1ccccc1Cl. The third-order valence-corrected chi connectivity index (χ3v) is 5.99. The Balaban J connectivity index is 1.63. The standard InChI is InChI=1S/C17H19ClN2O2S/c18-16-8-4-5-9-17(16)23(21,22)19-15-10-11-20(13-15)12-14-6-2-1-3-7-14/h1-9,15,19H,10-13H2/t15-/m1/s1. The summed E-state index contributed by atoms with van der Waals surface area (Å²) < 4.78 is 27.7. The van der Waals surface area contributed by atoms with E-state index in [0.717, 1.165) is 19.5 Å². The average Bonchev–Trinajstić information content (AvgIpc) is 2.95. The van der Waals surface area contributed by atoms with E-state index in [1.54, 1.807) is 18.2 Å². The Morgan fingerprint density at radius 1 is 1.09 bits per heavy atom.